The number of carbonyl (C=O) groups excluding carboxylic acids is 2. The van der Waals surface area contributed by atoms with Crippen LogP contribution in [0.25, 0.3) is 0 Å². The highest BCUT2D eigenvalue weighted by atomic mass is 16.2. The predicted molar refractivity (Wildman–Crippen MR) is 59.1 cm³/mol. The molecule has 0 radical (unpaired) electrons. The van der Waals surface area contributed by atoms with E-state index in [0.29, 0.717) is 11.1 Å². The summed E-state index contributed by atoms with van der Waals surface area (Å²) in [5.74, 6) is -0.542. The van der Waals surface area contributed by atoms with Crippen LogP contribution in [0.3, 0.4) is 0 Å². The van der Waals surface area contributed by atoms with Crippen molar-refractivity contribution in [3.8, 4) is 6.07 Å². The van der Waals surface area contributed by atoms with Gasteiger partial charge in [-0.1, -0.05) is 12.1 Å². The fourth-order valence-corrected chi connectivity index (χ4v) is 2.14. The summed E-state index contributed by atoms with van der Waals surface area (Å²) < 4.78 is 0. The molecule has 4 nitrogen and oxygen atoms in total. The van der Waals surface area contributed by atoms with Crippen molar-refractivity contribution in [1.82, 2.24) is 4.90 Å². The Morgan fingerprint density at radius 3 is 2.12 bits per heavy atom. The number of rotatable bonds is 2. The average molecular weight is 226 g/mol. The monoisotopic (exact) mass is 226 g/mol. The first-order valence-corrected chi connectivity index (χ1v) is 5.53. The van der Waals surface area contributed by atoms with Gasteiger partial charge >= 0.3 is 0 Å². The normalized spacial score (nSPS) is 20.1. The maximum absolute atomic E-state index is 12.0. The lowest BCUT2D eigenvalue weighted by molar-refractivity contribution is 0.0634. The highest BCUT2D eigenvalue weighted by Crippen LogP contribution is 2.46. The molecule has 0 spiro atoms. The number of carbonyl (C=O) groups is 2. The smallest absolute Gasteiger partial charge is 0.261 e. The van der Waals surface area contributed by atoms with Gasteiger partial charge in [-0.15, -0.1) is 0 Å². The number of fused-ring (bicyclic) bond motifs is 1. The molecule has 0 atom stereocenters. The lowest BCUT2D eigenvalue weighted by Gasteiger charge is -2.16. The summed E-state index contributed by atoms with van der Waals surface area (Å²) in [5, 5.41) is 9.01. The summed E-state index contributed by atoms with van der Waals surface area (Å²) in [6.45, 7) is 0.232. The lowest BCUT2D eigenvalue weighted by atomic mass is 10.1. The van der Waals surface area contributed by atoms with Gasteiger partial charge < -0.3 is 0 Å². The SMILES string of the molecule is N#CC1(CN2C(=O)c3ccccc3C2=O)CC1. The Bertz CT molecular complexity index is 532. The average Bonchev–Trinajstić information content (AvgIpc) is 3.10. The van der Waals surface area contributed by atoms with Crippen molar-refractivity contribution in [2.45, 2.75) is 12.8 Å². The highest BCUT2D eigenvalue weighted by molar-refractivity contribution is 6.21. The number of amides is 2. The van der Waals surface area contributed by atoms with E-state index in [-0.39, 0.29) is 18.4 Å². The maximum Gasteiger partial charge on any atom is 0.261 e. The summed E-state index contributed by atoms with van der Waals surface area (Å²) in [5.41, 5.74) is 0.422. The van der Waals surface area contributed by atoms with Crippen molar-refractivity contribution in [2.75, 3.05) is 6.54 Å². The molecule has 1 saturated carbocycles. The van der Waals surface area contributed by atoms with Crippen LogP contribution in [0.15, 0.2) is 24.3 Å². The Hall–Kier alpha value is -2.15. The molecule has 0 unspecified atom stereocenters. The van der Waals surface area contributed by atoms with Gasteiger partial charge in [0, 0.05) is 6.54 Å². The Morgan fingerprint density at radius 1 is 1.18 bits per heavy atom. The molecule has 2 aliphatic rings. The van der Waals surface area contributed by atoms with Crippen LogP contribution in [-0.2, 0) is 0 Å². The third-order valence-electron chi connectivity index (χ3n) is 3.43. The standard InChI is InChI=1S/C13H10N2O2/c14-7-13(5-6-13)8-15-11(16)9-3-1-2-4-10(9)12(15)17/h1-4H,5-6,8H2. The fourth-order valence-electron chi connectivity index (χ4n) is 2.14. The number of hydrogen-bond donors (Lipinski definition) is 0. The molecule has 1 fully saturated rings. The minimum Gasteiger partial charge on any atom is -0.273 e. The Labute approximate surface area is 98.4 Å². The molecule has 1 heterocycles. The van der Waals surface area contributed by atoms with E-state index >= 15 is 0 Å². The first-order valence-electron chi connectivity index (χ1n) is 5.53. The fraction of sp³-hybridized carbons (Fsp3) is 0.308. The van der Waals surface area contributed by atoms with Gasteiger partial charge in [0.15, 0.2) is 0 Å². The van der Waals surface area contributed by atoms with Crippen molar-refractivity contribution >= 4 is 11.8 Å². The number of hydrogen-bond acceptors (Lipinski definition) is 3. The van der Waals surface area contributed by atoms with Gasteiger partial charge in [-0.2, -0.15) is 5.26 Å². The van der Waals surface area contributed by atoms with E-state index in [9.17, 15) is 9.59 Å². The summed E-state index contributed by atoms with van der Waals surface area (Å²) in [6, 6.07) is 8.99. The summed E-state index contributed by atoms with van der Waals surface area (Å²) in [7, 11) is 0. The van der Waals surface area contributed by atoms with Crippen LogP contribution in [0.4, 0.5) is 0 Å². The van der Waals surface area contributed by atoms with E-state index in [4.69, 9.17) is 5.26 Å². The minimum absolute atomic E-state index is 0.232. The van der Waals surface area contributed by atoms with Crippen molar-refractivity contribution in [2.24, 2.45) is 5.41 Å². The summed E-state index contributed by atoms with van der Waals surface area (Å²) in [6.07, 6.45) is 1.55. The lowest BCUT2D eigenvalue weighted by Crippen LogP contribution is -2.34. The molecule has 0 aromatic heterocycles. The van der Waals surface area contributed by atoms with Crippen molar-refractivity contribution in [3.05, 3.63) is 35.4 Å². The van der Waals surface area contributed by atoms with Crippen LogP contribution < -0.4 is 0 Å². The van der Waals surface area contributed by atoms with Crippen molar-refractivity contribution < 1.29 is 9.59 Å². The molecule has 1 aromatic rings. The number of nitrogens with zero attached hydrogens (tertiary/aromatic N) is 2. The van der Waals surface area contributed by atoms with Crippen LogP contribution in [0, 0.1) is 16.7 Å². The van der Waals surface area contributed by atoms with Gasteiger partial charge in [0.25, 0.3) is 11.8 Å². The zero-order valence-electron chi connectivity index (χ0n) is 9.14. The van der Waals surface area contributed by atoms with E-state index in [2.05, 4.69) is 6.07 Å². The zero-order chi connectivity index (χ0) is 12.0. The van der Waals surface area contributed by atoms with E-state index < -0.39 is 5.41 Å². The van der Waals surface area contributed by atoms with Crippen LogP contribution in [-0.4, -0.2) is 23.3 Å². The van der Waals surface area contributed by atoms with Gasteiger partial charge in [0.2, 0.25) is 0 Å². The number of benzene rings is 1. The molecule has 0 bridgehead atoms. The van der Waals surface area contributed by atoms with Gasteiger partial charge in [-0.25, -0.2) is 0 Å². The largest absolute Gasteiger partial charge is 0.273 e. The Morgan fingerprint density at radius 2 is 1.71 bits per heavy atom. The predicted octanol–water partition coefficient (Wildman–Crippen LogP) is 1.59. The van der Waals surface area contributed by atoms with E-state index in [1.54, 1.807) is 24.3 Å². The molecule has 1 aromatic carbocycles. The third-order valence-corrected chi connectivity index (χ3v) is 3.43. The molecule has 0 N–H and O–H groups in total. The molecule has 1 aliphatic carbocycles. The van der Waals surface area contributed by atoms with Crippen LogP contribution in [0.1, 0.15) is 33.6 Å². The van der Waals surface area contributed by atoms with Crippen molar-refractivity contribution in [3.63, 3.8) is 0 Å². The maximum atomic E-state index is 12.0. The second kappa shape index (κ2) is 3.17. The first-order chi connectivity index (χ1) is 8.17. The Balaban J connectivity index is 1.94. The highest BCUT2D eigenvalue weighted by Gasteiger charge is 2.48. The molecule has 0 saturated heterocycles. The molecule has 17 heavy (non-hydrogen) atoms. The minimum atomic E-state index is -0.479. The third kappa shape index (κ3) is 1.36. The van der Waals surface area contributed by atoms with Crippen molar-refractivity contribution in [1.29, 1.82) is 5.26 Å². The van der Waals surface area contributed by atoms with E-state index in [1.165, 1.54) is 4.90 Å². The van der Waals surface area contributed by atoms with Gasteiger partial charge in [0.1, 0.15) is 0 Å². The molecular formula is C13H10N2O2. The molecular weight excluding hydrogens is 216 g/mol. The van der Waals surface area contributed by atoms with Gasteiger partial charge in [0.05, 0.1) is 22.6 Å². The second-order valence-corrected chi connectivity index (χ2v) is 4.63. The molecule has 1 aliphatic heterocycles. The van der Waals surface area contributed by atoms with Gasteiger partial charge in [-0.05, 0) is 25.0 Å². The molecule has 2 amide bonds. The first kappa shape index (κ1) is 10.0. The number of imide groups is 1. The summed E-state index contributed by atoms with van der Waals surface area (Å²) >= 11 is 0. The quantitative estimate of drug-likeness (QED) is 0.719. The second-order valence-electron chi connectivity index (χ2n) is 4.63. The van der Waals surface area contributed by atoms with Crippen LogP contribution in [0.5, 0.6) is 0 Å². The number of nitriles is 1. The Kier molecular flexibility index (Phi) is 1.87. The molecule has 4 heteroatoms. The van der Waals surface area contributed by atoms with Crippen LogP contribution in [0.2, 0.25) is 0 Å². The molecule has 84 valence electrons. The van der Waals surface area contributed by atoms with E-state index in [1.807, 2.05) is 0 Å². The topological polar surface area (TPSA) is 61.2 Å². The van der Waals surface area contributed by atoms with E-state index in [0.717, 1.165) is 12.8 Å². The van der Waals surface area contributed by atoms with Gasteiger partial charge in [-0.3, -0.25) is 14.5 Å². The summed E-state index contributed by atoms with van der Waals surface area (Å²) in [4.78, 5) is 25.3. The van der Waals surface area contributed by atoms with Crippen LogP contribution >= 0.6 is 0 Å². The zero-order valence-corrected chi connectivity index (χ0v) is 9.14. The molecule has 3 rings (SSSR count).